The molecule has 1 aliphatic rings. The zero-order valence-electron chi connectivity index (χ0n) is 17.6. The Balaban J connectivity index is 1.67. The van der Waals surface area contributed by atoms with E-state index in [4.69, 9.17) is 4.74 Å². The summed E-state index contributed by atoms with van der Waals surface area (Å²) in [7, 11) is 3.49. The molecule has 2 aromatic carbocycles. The molecule has 0 bridgehead atoms. The van der Waals surface area contributed by atoms with Gasteiger partial charge in [0.05, 0.1) is 35.6 Å². The summed E-state index contributed by atoms with van der Waals surface area (Å²) in [5.41, 5.74) is 4.97. The maximum Gasteiger partial charge on any atom is 0.328 e. The Morgan fingerprint density at radius 1 is 1.00 bits per heavy atom. The van der Waals surface area contributed by atoms with Gasteiger partial charge in [-0.15, -0.1) is 0 Å². The van der Waals surface area contributed by atoms with Gasteiger partial charge >= 0.3 is 11.7 Å². The number of imidazole rings is 1. The number of amides is 2. The van der Waals surface area contributed by atoms with Gasteiger partial charge in [-0.2, -0.15) is 0 Å². The van der Waals surface area contributed by atoms with Crippen molar-refractivity contribution in [2.45, 2.75) is 13.3 Å². The van der Waals surface area contributed by atoms with Crippen LogP contribution in [0.5, 0.6) is 0 Å². The Morgan fingerprint density at radius 3 is 2.27 bits per heavy atom. The van der Waals surface area contributed by atoms with Gasteiger partial charge in [0.15, 0.2) is 0 Å². The van der Waals surface area contributed by atoms with Crippen molar-refractivity contribution in [1.82, 2.24) is 9.13 Å². The average Bonchev–Trinajstić information content (AvgIpc) is 2.98. The van der Waals surface area contributed by atoms with Crippen LogP contribution >= 0.6 is 0 Å². The molecular weight excluding hydrogens is 382 g/mol. The number of nitrogens with zero attached hydrogens (tertiary/aromatic N) is 3. The third kappa shape index (κ3) is 3.78. The molecule has 30 heavy (non-hydrogen) atoms. The summed E-state index contributed by atoms with van der Waals surface area (Å²) in [5.74, 6) is 0. The molecular formula is C22H27N5O3. The Hall–Kier alpha value is -3.26. The van der Waals surface area contributed by atoms with Crippen LogP contribution in [0.4, 0.5) is 21.9 Å². The van der Waals surface area contributed by atoms with Crippen LogP contribution in [-0.2, 0) is 25.3 Å². The Bertz CT molecular complexity index is 1120. The molecule has 2 amide bonds. The highest BCUT2D eigenvalue weighted by molar-refractivity contribution is 6.04. The Morgan fingerprint density at radius 2 is 1.63 bits per heavy atom. The first-order valence-electron chi connectivity index (χ1n) is 10.2. The monoisotopic (exact) mass is 409 g/mol. The maximum absolute atomic E-state index is 12.7. The summed E-state index contributed by atoms with van der Waals surface area (Å²) < 4.78 is 8.69. The number of benzene rings is 2. The van der Waals surface area contributed by atoms with Crippen LogP contribution in [0.3, 0.4) is 0 Å². The summed E-state index contributed by atoms with van der Waals surface area (Å²) in [6.45, 7) is 4.79. The van der Waals surface area contributed by atoms with Gasteiger partial charge in [-0.1, -0.05) is 19.1 Å². The topological polar surface area (TPSA) is 80.5 Å². The highest BCUT2D eigenvalue weighted by Crippen LogP contribution is 2.31. The van der Waals surface area contributed by atoms with Gasteiger partial charge in [0.1, 0.15) is 0 Å². The standard InChI is InChI=1S/C22H27N5O3/c1-4-15-5-7-16(8-6-15)23-21(28)24-17-13-19-20(26(3)22(29)25(19)2)14-18(17)27-9-11-30-12-10-27/h5-8,13-14H,4,9-12H2,1-3H3,(H2,23,24,28). The Kier molecular flexibility index (Phi) is 5.50. The number of carbonyl (C=O) groups excluding carboxylic acids is 1. The largest absolute Gasteiger partial charge is 0.378 e. The van der Waals surface area contributed by atoms with Crippen LogP contribution in [0, 0.1) is 0 Å². The number of rotatable bonds is 4. The smallest absolute Gasteiger partial charge is 0.328 e. The van der Waals surface area contributed by atoms with Gasteiger partial charge in [-0.05, 0) is 36.2 Å². The molecule has 2 N–H and O–H groups in total. The highest BCUT2D eigenvalue weighted by Gasteiger charge is 2.20. The van der Waals surface area contributed by atoms with Crippen molar-refractivity contribution >= 4 is 34.1 Å². The molecule has 1 aliphatic heterocycles. The number of ether oxygens (including phenoxy) is 1. The molecule has 4 rings (SSSR count). The lowest BCUT2D eigenvalue weighted by atomic mass is 10.1. The van der Waals surface area contributed by atoms with E-state index in [9.17, 15) is 9.59 Å². The van der Waals surface area contributed by atoms with Crippen LogP contribution in [0.2, 0.25) is 0 Å². The number of hydrogen-bond donors (Lipinski definition) is 2. The van der Waals surface area contributed by atoms with Crippen molar-refractivity contribution in [1.29, 1.82) is 0 Å². The zero-order valence-corrected chi connectivity index (χ0v) is 17.6. The number of carbonyl (C=O) groups is 1. The quantitative estimate of drug-likeness (QED) is 0.694. The predicted molar refractivity (Wildman–Crippen MR) is 120 cm³/mol. The van der Waals surface area contributed by atoms with Gasteiger partial charge in [-0.25, -0.2) is 9.59 Å². The number of aryl methyl sites for hydroxylation is 3. The molecule has 158 valence electrons. The van der Waals surface area contributed by atoms with E-state index < -0.39 is 0 Å². The lowest BCUT2D eigenvalue weighted by Gasteiger charge is -2.30. The molecule has 0 spiro atoms. The van der Waals surface area contributed by atoms with Crippen molar-refractivity contribution in [3.8, 4) is 0 Å². The van der Waals surface area contributed by atoms with Crippen molar-refractivity contribution in [3.63, 3.8) is 0 Å². The van der Waals surface area contributed by atoms with E-state index in [-0.39, 0.29) is 11.7 Å². The molecule has 8 nitrogen and oxygen atoms in total. The molecule has 0 unspecified atom stereocenters. The molecule has 2 heterocycles. The van der Waals surface area contributed by atoms with Crippen LogP contribution in [-0.4, -0.2) is 41.5 Å². The second-order valence-electron chi connectivity index (χ2n) is 7.49. The van der Waals surface area contributed by atoms with E-state index in [1.54, 1.807) is 23.2 Å². The highest BCUT2D eigenvalue weighted by atomic mass is 16.5. The van der Waals surface area contributed by atoms with Crippen molar-refractivity contribution < 1.29 is 9.53 Å². The van der Waals surface area contributed by atoms with E-state index in [1.807, 2.05) is 36.4 Å². The molecule has 0 saturated carbocycles. The SMILES string of the molecule is CCc1ccc(NC(=O)Nc2cc3c(cc2N2CCOCC2)n(C)c(=O)n3C)cc1. The van der Waals surface area contributed by atoms with Gasteiger partial charge in [0, 0.05) is 32.9 Å². The summed E-state index contributed by atoms with van der Waals surface area (Å²) in [6, 6.07) is 11.3. The fourth-order valence-electron chi connectivity index (χ4n) is 3.81. The second-order valence-corrected chi connectivity index (χ2v) is 7.49. The Labute approximate surface area is 175 Å². The maximum atomic E-state index is 12.7. The first kappa shape index (κ1) is 20.0. The minimum Gasteiger partial charge on any atom is -0.378 e. The van der Waals surface area contributed by atoms with Crippen molar-refractivity contribution in [2.75, 3.05) is 41.8 Å². The lowest BCUT2D eigenvalue weighted by Crippen LogP contribution is -2.37. The lowest BCUT2D eigenvalue weighted by molar-refractivity contribution is 0.123. The number of aromatic nitrogens is 2. The van der Waals surface area contributed by atoms with Crippen LogP contribution in [0.15, 0.2) is 41.2 Å². The molecule has 8 heteroatoms. The summed E-state index contributed by atoms with van der Waals surface area (Å²) >= 11 is 0. The van der Waals surface area contributed by atoms with Gasteiger partial charge in [0.25, 0.3) is 0 Å². The van der Waals surface area contributed by atoms with Crippen LogP contribution < -0.4 is 21.2 Å². The number of hydrogen-bond acceptors (Lipinski definition) is 4. The van der Waals surface area contributed by atoms with Crippen molar-refractivity contribution in [2.24, 2.45) is 14.1 Å². The molecule has 1 aromatic heterocycles. The van der Waals surface area contributed by atoms with Gasteiger partial charge < -0.3 is 20.3 Å². The summed E-state index contributed by atoms with van der Waals surface area (Å²) in [6.07, 6.45) is 0.950. The zero-order chi connectivity index (χ0) is 21.3. The summed E-state index contributed by atoms with van der Waals surface area (Å²) in [4.78, 5) is 27.3. The average molecular weight is 409 g/mol. The third-order valence-corrected chi connectivity index (χ3v) is 5.61. The molecule has 0 atom stereocenters. The summed E-state index contributed by atoms with van der Waals surface area (Å²) in [5, 5.41) is 5.86. The van der Waals surface area contributed by atoms with Crippen molar-refractivity contribution in [3.05, 3.63) is 52.4 Å². The van der Waals surface area contributed by atoms with E-state index in [2.05, 4.69) is 22.5 Å². The number of anilines is 3. The first-order chi connectivity index (χ1) is 14.5. The third-order valence-electron chi connectivity index (χ3n) is 5.61. The minimum atomic E-state index is -0.325. The van der Waals surface area contributed by atoms with E-state index in [0.29, 0.717) is 18.9 Å². The second kappa shape index (κ2) is 8.23. The van der Waals surface area contributed by atoms with Gasteiger partial charge in [0.2, 0.25) is 0 Å². The van der Waals surface area contributed by atoms with Crippen LogP contribution in [0.25, 0.3) is 11.0 Å². The molecule has 0 radical (unpaired) electrons. The number of urea groups is 1. The van der Waals surface area contributed by atoms with E-state index >= 15 is 0 Å². The minimum absolute atomic E-state index is 0.101. The van der Waals surface area contributed by atoms with E-state index in [0.717, 1.165) is 41.9 Å². The molecule has 0 aliphatic carbocycles. The number of morpholine rings is 1. The molecule has 1 fully saturated rings. The van der Waals surface area contributed by atoms with E-state index in [1.165, 1.54) is 5.56 Å². The van der Waals surface area contributed by atoms with Crippen LogP contribution in [0.1, 0.15) is 12.5 Å². The predicted octanol–water partition coefficient (Wildman–Crippen LogP) is 2.92. The molecule has 3 aromatic rings. The fraction of sp³-hybridized carbons (Fsp3) is 0.364. The first-order valence-corrected chi connectivity index (χ1v) is 10.2. The fourth-order valence-corrected chi connectivity index (χ4v) is 3.81. The normalized spacial score (nSPS) is 14.2. The number of nitrogens with one attached hydrogen (secondary N) is 2. The number of fused-ring (bicyclic) bond motifs is 1. The molecule has 1 saturated heterocycles. The van der Waals surface area contributed by atoms with Gasteiger partial charge in [-0.3, -0.25) is 9.13 Å².